The van der Waals surface area contributed by atoms with E-state index in [1.54, 1.807) is 6.92 Å². The number of thioether (sulfide) groups is 1. The van der Waals surface area contributed by atoms with E-state index in [9.17, 15) is 4.79 Å². The first-order valence-electron chi connectivity index (χ1n) is 5.57. The van der Waals surface area contributed by atoms with Crippen molar-refractivity contribution in [1.29, 1.82) is 0 Å². The van der Waals surface area contributed by atoms with Crippen LogP contribution in [0.25, 0.3) is 0 Å². The van der Waals surface area contributed by atoms with E-state index in [0.717, 1.165) is 12.2 Å². The van der Waals surface area contributed by atoms with Gasteiger partial charge >= 0.3 is 5.97 Å². The maximum atomic E-state index is 11.4. The van der Waals surface area contributed by atoms with Gasteiger partial charge in [0.05, 0.1) is 6.61 Å². The Labute approximate surface area is 103 Å². The quantitative estimate of drug-likeness (QED) is 0.484. The minimum atomic E-state index is -0.286. The Hall–Kier alpha value is -0.480. The number of nitrogens with zero attached hydrogens (tertiary/aromatic N) is 1. The van der Waals surface area contributed by atoms with Gasteiger partial charge in [0.2, 0.25) is 0 Å². The Bertz CT molecular complexity index is 231. The lowest BCUT2D eigenvalue weighted by Crippen LogP contribution is -2.33. The second-order valence-corrected chi connectivity index (χ2v) is 4.86. The van der Waals surface area contributed by atoms with Gasteiger partial charge in [0.15, 0.2) is 0 Å². The fourth-order valence-electron chi connectivity index (χ4n) is 1.26. The number of likely N-dealkylation sites (N-methyl/N-ethyl adjacent to an activating group) is 1. The third-order valence-electron chi connectivity index (χ3n) is 2.50. The van der Waals surface area contributed by atoms with Crippen LogP contribution in [0, 0.1) is 0 Å². The standard InChI is InChI=1S/C12H23NO2S/c1-6-15-12(14)10(2)9-13(4)11(3)7-8-16-5/h11H,2,6-9H2,1,3-5H3. The van der Waals surface area contributed by atoms with Crippen LogP contribution < -0.4 is 0 Å². The molecule has 16 heavy (non-hydrogen) atoms. The molecule has 0 aromatic heterocycles. The van der Waals surface area contributed by atoms with Gasteiger partial charge in [-0.2, -0.15) is 11.8 Å². The summed E-state index contributed by atoms with van der Waals surface area (Å²) in [5.74, 6) is 0.851. The smallest absolute Gasteiger partial charge is 0.334 e. The molecular weight excluding hydrogens is 222 g/mol. The molecule has 0 bridgehead atoms. The van der Waals surface area contributed by atoms with Gasteiger partial charge in [0.1, 0.15) is 0 Å². The largest absolute Gasteiger partial charge is 0.463 e. The Morgan fingerprint density at radius 2 is 2.19 bits per heavy atom. The van der Waals surface area contributed by atoms with Crippen molar-refractivity contribution in [3.8, 4) is 0 Å². The Morgan fingerprint density at radius 1 is 1.56 bits per heavy atom. The summed E-state index contributed by atoms with van der Waals surface area (Å²) in [5.41, 5.74) is 0.528. The lowest BCUT2D eigenvalue weighted by atomic mass is 10.2. The van der Waals surface area contributed by atoms with Crippen molar-refractivity contribution in [3.63, 3.8) is 0 Å². The topological polar surface area (TPSA) is 29.5 Å². The summed E-state index contributed by atoms with van der Waals surface area (Å²) >= 11 is 1.84. The van der Waals surface area contributed by atoms with Gasteiger partial charge in [-0.15, -0.1) is 0 Å². The first-order chi connectivity index (χ1) is 7.52. The predicted molar refractivity (Wildman–Crippen MR) is 70.9 cm³/mol. The van der Waals surface area contributed by atoms with Crippen LogP contribution in [0.1, 0.15) is 20.3 Å². The van der Waals surface area contributed by atoms with E-state index in [2.05, 4.69) is 24.7 Å². The van der Waals surface area contributed by atoms with Crippen molar-refractivity contribution in [2.45, 2.75) is 26.3 Å². The molecular formula is C12H23NO2S. The summed E-state index contributed by atoms with van der Waals surface area (Å²) in [7, 11) is 2.01. The molecule has 0 aromatic rings. The fraction of sp³-hybridized carbons (Fsp3) is 0.750. The summed E-state index contributed by atoms with van der Waals surface area (Å²) in [5, 5.41) is 0. The number of carbonyl (C=O) groups excluding carboxylic acids is 1. The van der Waals surface area contributed by atoms with Crippen molar-refractivity contribution < 1.29 is 9.53 Å². The minimum Gasteiger partial charge on any atom is -0.463 e. The fourth-order valence-corrected chi connectivity index (χ4v) is 1.84. The van der Waals surface area contributed by atoms with Crippen molar-refractivity contribution in [3.05, 3.63) is 12.2 Å². The van der Waals surface area contributed by atoms with Crippen molar-refractivity contribution in [2.24, 2.45) is 0 Å². The predicted octanol–water partition coefficient (Wildman–Crippen LogP) is 2.18. The monoisotopic (exact) mass is 245 g/mol. The number of hydrogen-bond donors (Lipinski definition) is 0. The van der Waals surface area contributed by atoms with Crippen molar-refractivity contribution in [2.75, 3.05) is 32.2 Å². The highest BCUT2D eigenvalue weighted by molar-refractivity contribution is 7.98. The molecule has 0 saturated carbocycles. The van der Waals surface area contributed by atoms with Gasteiger partial charge in [-0.3, -0.25) is 4.90 Å². The summed E-state index contributed by atoms with van der Waals surface area (Å²) in [4.78, 5) is 13.5. The number of esters is 1. The lowest BCUT2D eigenvalue weighted by molar-refractivity contribution is -0.138. The first kappa shape index (κ1) is 15.5. The molecule has 0 aliphatic rings. The third kappa shape index (κ3) is 6.18. The van der Waals surface area contributed by atoms with Gasteiger partial charge in [-0.05, 0) is 39.3 Å². The second kappa shape index (κ2) is 8.65. The zero-order valence-corrected chi connectivity index (χ0v) is 11.6. The molecule has 94 valence electrons. The van der Waals surface area contributed by atoms with Gasteiger partial charge in [0.25, 0.3) is 0 Å². The molecule has 0 amide bonds. The van der Waals surface area contributed by atoms with Gasteiger partial charge in [-0.1, -0.05) is 6.58 Å². The summed E-state index contributed by atoms with van der Waals surface area (Å²) < 4.78 is 4.90. The molecule has 0 radical (unpaired) electrons. The molecule has 0 aliphatic heterocycles. The van der Waals surface area contributed by atoms with E-state index in [1.807, 2.05) is 18.8 Å². The van der Waals surface area contributed by atoms with Gasteiger partial charge in [-0.25, -0.2) is 4.79 Å². The van der Waals surface area contributed by atoms with Crippen LogP contribution in [0.15, 0.2) is 12.2 Å². The molecule has 0 aliphatic carbocycles. The SMILES string of the molecule is C=C(CN(C)C(C)CCSC)C(=O)OCC. The average Bonchev–Trinajstić information content (AvgIpc) is 2.25. The minimum absolute atomic E-state index is 0.286. The van der Waals surface area contributed by atoms with E-state index in [1.165, 1.54) is 0 Å². The van der Waals surface area contributed by atoms with Crippen LogP contribution in [0.5, 0.6) is 0 Å². The molecule has 1 atom stereocenters. The molecule has 3 nitrogen and oxygen atoms in total. The number of ether oxygens (including phenoxy) is 1. The van der Waals surface area contributed by atoms with Crippen molar-refractivity contribution in [1.82, 2.24) is 4.90 Å². The molecule has 0 rings (SSSR count). The van der Waals surface area contributed by atoms with E-state index < -0.39 is 0 Å². The Balaban J connectivity index is 3.97. The highest BCUT2D eigenvalue weighted by atomic mass is 32.2. The summed E-state index contributed by atoms with van der Waals surface area (Å²) in [6, 6.07) is 0.457. The average molecular weight is 245 g/mol. The van der Waals surface area contributed by atoms with Crippen LogP contribution in [-0.2, 0) is 9.53 Å². The molecule has 0 aromatic carbocycles. The Morgan fingerprint density at radius 3 is 2.69 bits per heavy atom. The lowest BCUT2D eigenvalue weighted by Gasteiger charge is -2.24. The van der Waals surface area contributed by atoms with Crippen LogP contribution in [0.4, 0.5) is 0 Å². The Kier molecular flexibility index (Phi) is 8.39. The molecule has 4 heteroatoms. The molecule has 0 saturated heterocycles. The molecule has 1 unspecified atom stereocenters. The summed E-state index contributed by atoms with van der Waals surface area (Å²) in [6.07, 6.45) is 3.22. The van der Waals surface area contributed by atoms with Crippen LogP contribution in [0.2, 0.25) is 0 Å². The van der Waals surface area contributed by atoms with Crippen LogP contribution in [0.3, 0.4) is 0 Å². The van der Waals surface area contributed by atoms with E-state index in [0.29, 0.717) is 24.8 Å². The molecule has 0 spiro atoms. The number of hydrogen-bond acceptors (Lipinski definition) is 4. The van der Waals surface area contributed by atoms with Gasteiger partial charge in [0, 0.05) is 18.2 Å². The van der Waals surface area contributed by atoms with E-state index in [-0.39, 0.29) is 5.97 Å². The van der Waals surface area contributed by atoms with Crippen LogP contribution in [-0.4, -0.2) is 49.1 Å². The maximum Gasteiger partial charge on any atom is 0.334 e. The van der Waals surface area contributed by atoms with E-state index in [4.69, 9.17) is 4.74 Å². The summed E-state index contributed by atoms with van der Waals surface area (Å²) in [6.45, 7) is 8.70. The molecule has 0 heterocycles. The molecule has 0 N–H and O–H groups in total. The maximum absolute atomic E-state index is 11.4. The van der Waals surface area contributed by atoms with Crippen LogP contribution >= 0.6 is 11.8 Å². The zero-order valence-electron chi connectivity index (χ0n) is 10.8. The zero-order chi connectivity index (χ0) is 12.6. The highest BCUT2D eigenvalue weighted by Gasteiger charge is 2.14. The van der Waals surface area contributed by atoms with Gasteiger partial charge < -0.3 is 4.74 Å². The molecule has 0 fully saturated rings. The highest BCUT2D eigenvalue weighted by Crippen LogP contribution is 2.08. The second-order valence-electron chi connectivity index (χ2n) is 3.87. The van der Waals surface area contributed by atoms with E-state index >= 15 is 0 Å². The number of rotatable bonds is 8. The van der Waals surface area contributed by atoms with Crippen molar-refractivity contribution >= 4 is 17.7 Å². The normalized spacial score (nSPS) is 12.6. The third-order valence-corrected chi connectivity index (χ3v) is 3.14. The number of carbonyl (C=O) groups is 1. The first-order valence-corrected chi connectivity index (χ1v) is 6.96.